The lowest BCUT2D eigenvalue weighted by molar-refractivity contribution is 0.446. The molecule has 0 radical (unpaired) electrons. The highest BCUT2D eigenvalue weighted by Gasteiger charge is 2.51. The lowest BCUT2D eigenvalue weighted by Gasteiger charge is -2.42. The monoisotopic (exact) mass is 532 g/mol. The normalized spacial score (nSPS) is 23.9. The third-order valence-electron chi connectivity index (χ3n) is 10.4. The highest BCUT2D eigenvalue weighted by molar-refractivity contribution is 5.87. The molecule has 202 valence electrons. The van der Waals surface area contributed by atoms with Gasteiger partial charge in [0.2, 0.25) is 0 Å². The van der Waals surface area contributed by atoms with E-state index in [4.69, 9.17) is 0 Å². The fourth-order valence-corrected chi connectivity index (χ4v) is 8.60. The Balaban J connectivity index is 1.36. The molecule has 41 heavy (non-hydrogen) atoms. The zero-order chi connectivity index (χ0) is 27.6. The zero-order valence-corrected chi connectivity index (χ0v) is 23.9. The molecule has 2 aromatic carbocycles. The second-order valence-electron chi connectivity index (χ2n) is 12.5. The van der Waals surface area contributed by atoms with Crippen molar-refractivity contribution in [3.8, 4) is 6.07 Å². The molecule has 2 nitrogen and oxygen atoms in total. The third kappa shape index (κ3) is 3.55. The molecule has 0 fully saturated rings. The molecule has 2 unspecified atom stereocenters. The number of hydrogen-bond donors (Lipinski definition) is 0. The van der Waals surface area contributed by atoms with Gasteiger partial charge in [0, 0.05) is 17.1 Å². The van der Waals surface area contributed by atoms with Crippen molar-refractivity contribution in [3.63, 3.8) is 0 Å². The van der Waals surface area contributed by atoms with Gasteiger partial charge in [-0.05, 0) is 134 Å². The van der Waals surface area contributed by atoms with Crippen LogP contribution >= 0.6 is 0 Å². The topological polar surface area (TPSA) is 28.7 Å². The van der Waals surface area contributed by atoms with E-state index in [9.17, 15) is 5.26 Å². The molecule has 5 aliphatic carbocycles. The largest absolute Gasteiger partial charge is 0.317 e. The molecule has 1 aromatic heterocycles. The van der Waals surface area contributed by atoms with E-state index < -0.39 is 0 Å². The SMILES string of the molecule is Cc1ccc(C2(C3C=Cc4c(c5c(n4C4=CC=CCC4)CCCC5)C3)C3=C(CCC=C3)c3cc(C#N)ccc32)cc1. The molecule has 2 heteroatoms. The number of rotatable bonds is 3. The summed E-state index contributed by atoms with van der Waals surface area (Å²) >= 11 is 0. The van der Waals surface area contributed by atoms with Gasteiger partial charge in [-0.25, -0.2) is 0 Å². The standard InChI is InChI=1S/C39H36N2/c1-26-15-18-28(19-16-26)39(35-13-7-5-11-31(35)33-23-27(25-40)17-21-36(33)39)29-20-22-38-34(24-29)32-12-6-8-14-37(32)41(38)30-9-3-2-4-10-30/h2-3,7,9,13,15-23,29H,4-6,8,10-12,14,24H2,1H3. The van der Waals surface area contributed by atoms with Crippen LogP contribution in [-0.4, -0.2) is 4.57 Å². The van der Waals surface area contributed by atoms with Crippen molar-refractivity contribution in [1.29, 1.82) is 5.26 Å². The maximum absolute atomic E-state index is 9.82. The second-order valence-corrected chi connectivity index (χ2v) is 12.5. The highest BCUT2D eigenvalue weighted by Crippen LogP contribution is 2.59. The summed E-state index contributed by atoms with van der Waals surface area (Å²) in [7, 11) is 0. The van der Waals surface area contributed by atoms with Crippen LogP contribution in [0, 0.1) is 24.2 Å². The van der Waals surface area contributed by atoms with Crippen molar-refractivity contribution in [1.82, 2.24) is 4.57 Å². The molecule has 0 amide bonds. The predicted octanol–water partition coefficient (Wildman–Crippen LogP) is 9.03. The second kappa shape index (κ2) is 9.49. The minimum absolute atomic E-state index is 0.270. The number of hydrogen-bond acceptors (Lipinski definition) is 1. The molecule has 5 aliphatic rings. The fourth-order valence-electron chi connectivity index (χ4n) is 8.60. The average Bonchev–Trinajstić information content (AvgIpc) is 3.52. The van der Waals surface area contributed by atoms with Crippen LogP contribution in [0.1, 0.15) is 88.9 Å². The lowest BCUT2D eigenvalue weighted by atomic mass is 9.60. The van der Waals surface area contributed by atoms with E-state index in [1.54, 1.807) is 16.8 Å². The Kier molecular flexibility index (Phi) is 5.71. The van der Waals surface area contributed by atoms with E-state index in [1.165, 1.54) is 70.5 Å². The smallest absolute Gasteiger partial charge is 0.0991 e. The van der Waals surface area contributed by atoms with Gasteiger partial charge in [-0.1, -0.05) is 66.3 Å². The van der Waals surface area contributed by atoms with E-state index in [1.807, 2.05) is 6.07 Å². The summed E-state index contributed by atoms with van der Waals surface area (Å²) < 4.78 is 2.64. The maximum Gasteiger partial charge on any atom is 0.0991 e. The molecule has 0 saturated heterocycles. The lowest BCUT2D eigenvalue weighted by Crippen LogP contribution is -2.38. The van der Waals surface area contributed by atoms with Gasteiger partial charge in [0.25, 0.3) is 0 Å². The first kappa shape index (κ1) is 24.7. The summed E-state index contributed by atoms with van der Waals surface area (Å²) in [6.45, 7) is 2.18. The van der Waals surface area contributed by atoms with E-state index in [0.29, 0.717) is 5.92 Å². The molecular formula is C39H36N2. The highest BCUT2D eigenvalue weighted by atomic mass is 15.0. The first-order chi connectivity index (χ1) is 20.2. The molecule has 2 atom stereocenters. The van der Waals surface area contributed by atoms with Crippen LogP contribution in [0.5, 0.6) is 0 Å². The molecule has 0 saturated carbocycles. The number of nitriles is 1. The quantitative estimate of drug-likeness (QED) is 0.331. The number of benzene rings is 2. The summed E-state index contributed by atoms with van der Waals surface area (Å²) in [5.74, 6) is 0.293. The number of aromatic nitrogens is 1. The number of fused-ring (bicyclic) bond motifs is 5. The molecule has 3 aromatic rings. The molecule has 0 N–H and O–H groups in total. The number of allylic oxidation sites excluding steroid dienone is 9. The average molecular weight is 533 g/mol. The van der Waals surface area contributed by atoms with E-state index >= 15 is 0 Å². The Morgan fingerprint density at radius 2 is 1.76 bits per heavy atom. The summed E-state index contributed by atoms with van der Waals surface area (Å²) in [6, 6.07) is 18.2. The van der Waals surface area contributed by atoms with Crippen molar-refractivity contribution in [2.45, 2.75) is 70.1 Å². The maximum atomic E-state index is 9.82. The van der Waals surface area contributed by atoms with Crippen LogP contribution in [-0.2, 0) is 24.7 Å². The van der Waals surface area contributed by atoms with Crippen LogP contribution in [0.15, 0.2) is 84.5 Å². The van der Waals surface area contributed by atoms with Crippen LogP contribution in [0.2, 0.25) is 0 Å². The van der Waals surface area contributed by atoms with Gasteiger partial charge in [0.15, 0.2) is 0 Å². The Labute approximate surface area is 243 Å². The van der Waals surface area contributed by atoms with Crippen LogP contribution in [0.3, 0.4) is 0 Å². The molecule has 0 spiro atoms. The summed E-state index contributed by atoms with van der Waals surface area (Å²) in [4.78, 5) is 0. The molecule has 0 bridgehead atoms. The molecule has 8 rings (SSSR count). The number of nitrogens with zero attached hydrogens (tertiary/aromatic N) is 2. The van der Waals surface area contributed by atoms with Gasteiger partial charge < -0.3 is 4.57 Å². The van der Waals surface area contributed by atoms with Gasteiger partial charge in [-0.2, -0.15) is 5.26 Å². The summed E-state index contributed by atoms with van der Waals surface area (Å²) in [5, 5.41) is 9.82. The van der Waals surface area contributed by atoms with Crippen LogP contribution < -0.4 is 0 Å². The van der Waals surface area contributed by atoms with Crippen molar-refractivity contribution >= 4 is 17.3 Å². The number of aryl methyl sites for hydroxylation is 1. The minimum atomic E-state index is -0.270. The van der Waals surface area contributed by atoms with Gasteiger partial charge in [-0.3, -0.25) is 0 Å². The summed E-state index contributed by atoms with van der Waals surface area (Å²) in [5.41, 5.74) is 16.4. The van der Waals surface area contributed by atoms with E-state index in [-0.39, 0.29) is 5.41 Å². The fraction of sp³-hybridized carbons (Fsp3) is 0.308. The molecular weight excluding hydrogens is 496 g/mol. The third-order valence-corrected chi connectivity index (χ3v) is 10.4. The van der Waals surface area contributed by atoms with Crippen molar-refractivity contribution in [3.05, 3.63) is 135 Å². The van der Waals surface area contributed by atoms with Gasteiger partial charge in [0.05, 0.1) is 17.0 Å². The molecule has 0 aliphatic heterocycles. The predicted molar refractivity (Wildman–Crippen MR) is 168 cm³/mol. The Hall–Kier alpha value is -4.09. The van der Waals surface area contributed by atoms with Crippen molar-refractivity contribution in [2.24, 2.45) is 5.92 Å². The van der Waals surface area contributed by atoms with Crippen LogP contribution in [0.25, 0.3) is 17.3 Å². The van der Waals surface area contributed by atoms with Gasteiger partial charge in [-0.15, -0.1) is 0 Å². The van der Waals surface area contributed by atoms with Crippen LogP contribution in [0.4, 0.5) is 0 Å². The Morgan fingerprint density at radius 1 is 0.902 bits per heavy atom. The minimum Gasteiger partial charge on any atom is -0.317 e. The van der Waals surface area contributed by atoms with E-state index in [0.717, 1.165) is 37.7 Å². The Morgan fingerprint density at radius 3 is 2.59 bits per heavy atom. The Bertz CT molecular complexity index is 1780. The zero-order valence-electron chi connectivity index (χ0n) is 23.9. The van der Waals surface area contributed by atoms with Gasteiger partial charge in [0.1, 0.15) is 0 Å². The van der Waals surface area contributed by atoms with Crippen molar-refractivity contribution < 1.29 is 0 Å². The first-order valence-electron chi connectivity index (χ1n) is 15.5. The summed E-state index contributed by atoms with van der Waals surface area (Å²) in [6.07, 6.45) is 27.0. The molecule has 1 heterocycles. The van der Waals surface area contributed by atoms with Crippen molar-refractivity contribution in [2.75, 3.05) is 0 Å². The van der Waals surface area contributed by atoms with E-state index in [2.05, 4.69) is 96.5 Å². The first-order valence-corrected chi connectivity index (χ1v) is 15.5. The van der Waals surface area contributed by atoms with Gasteiger partial charge >= 0.3 is 0 Å².